The van der Waals surface area contributed by atoms with Gasteiger partial charge in [0.05, 0.1) is 17.2 Å². The van der Waals surface area contributed by atoms with Gasteiger partial charge in [-0.3, -0.25) is 9.69 Å². The molecule has 0 amide bonds. The number of benzene rings is 1. The van der Waals surface area contributed by atoms with Gasteiger partial charge in [-0.15, -0.1) is 0 Å². The summed E-state index contributed by atoms with van der Waals surface area (Å²) in [6, 6.07) is 13.4. The molecule has 1 aliphatic rings. The Morgan fingerprint density at radius 2 is 1.92 bits per heavy atom. The number of aryl methyl sites for hydroxylation is 1. The number of oxazole rings is 1. The van der Waals surface area contributed by atoms with E-state index in [2.05, 4.69) is 20.9 Å². The molecular formula is C26H22FN7O2. The van der Waals surface area contributed by atoms with Crippen LogP contribution in [0.2, 0.25) is 0 Å². The Morgan fingerprint density at radius 3 is 2.56 bits per heavy atom. The third-order valence-electron chi connectivity index (χ3n) is 6.69. The zero-order valence-electron chi connectivity index (χ0n) is 19.7. The van der Waals surface area contributed by atoms with Crippen molar-refractivity contribution in [3.8, 4) is 12.1 Å². The molecule has 4 heterocycles. The third kappa shape index (κ3) is 3.88. The first-order valence-corrected chi connectivity index (χ1v) is 11.4. The number of pyridine rings is 2. The maximum atomic E-state index is 13.6. The molecule has 180 valence electrons. The lowest BCUT2D eigenvalue weighted by molar-refractivity contribution is 0.147. The Hall–Kier alpha value is -4.54. The second-order valence-electron chi connectivity index (χ2n) is 8.78. The smallest absolute Gasteiger partial charge is 0.270 e. The van der Waals surface area contributed by atoms with Crippen LogP contribution in [-0.2, 0) is 7.05 Å². The van der Waals surface area contributed by atoms with Gasteiger partial charge >= 0.3 is 0 Å². The molecule has 2 atom stereocenters. The Bertz CT molecular complexity index is 1570. The first-order chi connectivity index (χ1) is 17.4. The monoisotopic (exact) mass is 483 g/mol. The van der Waals surface area contributed by atoms with Crippen molar-refractivity contribution in [2.45, 2.75) is 19.0 Å². The summed E-state index contributed by atoms with van der Waals surface area (Å²) < 4.78 is 20.3. The number of nitriles is 2. The summed E-state index contributed by atoms with van der Waals surface area (Å²) in [5, 5.41) is 19.3. The number of aromatic nitrogens is 3. The van der Waals surface area contributed by atoms with Crippen LogP contribution in [0.4, 0.5) is 10.1 Å². The fourth-order valence-corrected chi connectivity index (χ4v) is 4.96. The van der Waals surface area contributed by atoms with Gasteiger partial charge < -0.3 is 13.9 Å². The standard InChI is InChI=1S/C26H22FN7O2/c1-16-13-33(25-20(12-29)26(35)32(2)22-8-7-19(11-28)31-23(22)25)9-10-34(16)24(21-14-36-15-30-21)17-3-5-18(27)6-4-17/h3-8,14-16,24H,9-10,13H2,1-2H3/t16-,24?/m1/s1. The van der Waals surface area contributed by atoms with Crippen molar-refractivity contribution in [3.05, 3.63) is 87.7 Å². The molecule has 1 saturated heterocycles. The third-order valence-corrected chi connectivity index (χ3v) is 6.69. The molecular weight excluding hydrogens is 461 g/mol. The summed E-state index contributed by atoms with van der Waals surface area (Å²) in [4.78, 5) is 26.1. The average Bonchev–Trinajstić information content (AvgIpc) is 3.42. The van der Waals surface area contributed by atoms with Gasteiger partial charge in [-0.1, -0.05) is 12.1 Å². The first kappa shape index (κ1) is 23.2. The predicted octanol–water partition coefficient (Wildman–Crippen LogP) is 3.10. The van der Waals surface area contributed by atoms with Crippen LogP contribution in [0.25, 0.3) is 11.0 Å². The molecule has 36 heavy (non-hydrogen) atoms. The van der Waals surface area contributed by atoms with Crippen LogP contribution >= 0.6 is 0 Å². The van der Waals surface area contributed by atoms with E-state index in [1.165, 1.54) is 23.1 Å². The normalized spacial score (nSPS) is 17.0. The number of rotatable bonds is 4. The molecule has 0 N–H and O–H groups in total. The van der Waals surface area contributed by atoms with Crippen molar-refractivity contribution < 1.29 is 8.81 Å². The number of hydrogen-bond acceptors (Lipinski definition) is 8. The molecule has 1 aromatic carbocycles. The molecule has 9 nitrogen and oxygen atoms in total. The van der Waals surface area contributed by atoms with E-state index in [0.717, 1.165) is 5.56 Å². The highest BCUT2D eigenvalue weighted by atomic mass is 19.1. The van der Waals surface area contributed by atoms with E-state index in [1.54, 1.807) is 37.6 Å². The van der Waals surface area contributed by atoms with Gasteiger partial charge in [-0.2, -0.15) is 10.5 Å². The summed E-state index contributed by atoms with van der Waals surface area (Å²) in [5.41, 5.74) is 2.82. The fraction of sp³-hybridized carbons (Fsp3) is 0.269. The molecule has 0 bridgehead atoms. The lowest BCUT2D eigenvalue weighted by Gasteiger charge is -2.44. The zero-order chi connectivity index (χ0) is 25.4. The van der Waals surface area contributed by atoms with Crippen molar-refractivity contribution in [1.82, 2.24) is 19.4 Å². The van der Waals surface area contributed by atoms with E-state index >= 15 is 0 Å². The number of halogens is 1. The lowest BCUT2D eigenvalue weighted by atomic mass is 9.98. The van der Waals surface area contributed by atoms with Gasteiger partial charge in [0.25, 0.3) is 5.56 Å². The quantitative estimate of drug-likeness (QED) is 0.435. The van der Waals surface area contributed by atoms with Gasteiger partial charge in [0.15, 0.2) is 6.39 Å². The van der Waals surface area contributed by atoms with Gasteiger partial charge in [0, 0.05) is 32.7 Å². The topological polar surface area (TPSA) is 115 Å². The van der Waals surface area contributed by atoms with Gasteiger partial charge in [0.1, 0.15) is 46.7 Å². The number of piperazine rings is 1. The second-order valence-corrected chi connectivity index (χ2v) is 8.78. The molecule has 1 unspecified atom stereocenters. The van der Waals surface area contributed by atoms with Crippen LogP contribution in [0, 0.1) is 28.5 Å². The van der Waals surface area contributed by atoms with Gasteiger partial charge in [-0.05, 0) is 36.8 Å². The SMILES string of the molecule is C[C@@H]1CN(c2c(C#N)c(=O)n(C)c3ccc(C#N)nc23)CCN1C(c1ccc(F)cc1)c1cocn1. The van der Waals surface area contributed by atoms with E-state index in [9.17, 15) is 19.7 Å². The Kier molecular flexibility index (Phi) is 5.96. The van der Waals surface area contributed by atoms with Crippen molar-refractivity contribution >= 4 is 16.7 Å². The van der Waals surface area contributed by atoms with E-state index in [4.69, 9.17) is 4.42 Å². The van der Waals surface area contributed by atoms with Crippen LogP contribution in [0.1, 0.15) is 35.5 Å². The molecule has 1 fully saturated rings. The number of fused-ring (bicyclic) bond motifs is 1. The summed E-state index contributed by atoms with van der Waals surface area (Å²) in [6.07, 6.45) is 2.96. The maximum absolute atomic E-state index is 13.6. The van der Waals surface area contributed by atoms with Crippen LogP contribution in [0.15, 0.2) is 58.3 Å². The highest BCUT2D eigenvalue weighted by Crippen LogP contribution is 2.34. The van der Waals surface area contributed by atoms with Gasteiger partial charge in [-0.25, -0.2) is 14.4 Å². The molecule has 5 rings (SSSR count). The average molecular weight is 484 g/mol. The minimum Gasteiger partial charge on any atom is -0.451 e. The number of nitrogens with zero attached hydrogens (tertiary/aromatic N) is 7. The van der Waals surface area contributed by atoms with E-state index in [-0.39, 0.29) is 29.2 Å². The highest BCUT2D eigenvalue weighted by molar-refractivity contribution is 5.92. The predicted molar refractivity (Wildman–Crippen MR) is 130 cm³/mol. The molecule has 0 spiro atoms. The number of anilines is 1. The molecule has 4 aromatic rings. The van der Waals surface area contributed by atoms with Crippen LogP contribution < -0.4 is 10.5 Å². The molecule has 1 aliphatic heterocycles. The van der Waals surface area contributed by atoms with Crippen molar-refractivity contribution in [2.75, 3.05) is 24.5 Å². The summed E-state index contributed by atoms with van der Waals surface area (Å²) >= 11 is 0. The Balaban J connectivity index is 1.56. The minimum atomic E-state index is -0.409. The zero-order valence-corrected chi connectivity index (χ0v) is 19.7. The first-order valence-electron chi connectivity index (χ1n) is 11.4. The van der Waals surface area contributed by atoms with Crippen LogP contribution in [0.3, 0.4) is 0 Å². The summed E-state index contributed by atoms with van der Waals surface area (Å²) in [6.45, 7) is 3.60. The van der Waals surface area contributed by atoms with Crippen LogP contribution in [-0.4, -0.2) is 45.1 Å². The van der Waals surface area contributed by atoms with E-state index < -0.39 is 5.56 Å². The highest BCUT2D eigenvalue weighted by Gasteiger charge is 2.34. The Labute approximate surface area is 206 Å². The maximum Gasteiger partial charge on any atom is 0.270 e. The molecule has 0 radical (unpaired) electrons. The molecule has 10 heteroatoms. The molecule has 0 saturated carbocycles. The largest absolute Gasteiger partial charge is 0.451 e. The van der Waals surface area contributed by atoms with Crippen LogP contribution in [0.5, 0.6) is 0 Å². The van der Waals surface area contributed by atoms with Crippen molar-refractivity contribution in [1.29, 1.82) is 10.5 Å². The van der Waals surface area contributed by atoms with E-state index in [1.807, 2.05) is 17.9 Å². The lowest BCUT2D eigenvalue weighted by Crippen LogP contribution is -2.53. The molecule has 0 aliphatic carbocycles. The molecule has 3 aromatic heterocycles. The summed E-state index contributed by atoms with van der Waals surface area (Å²) in [5.74, 6) is -0.318. The van der Waals surface area contributed by atoms with Crippen molar-refractivity contribution in [3.63, 3.8) is 0 Å². The number of hydrogen-bond donors (Lipinski definition) is 0. The minimum absolute atomic E-state index is 0.000161. The van der Waals surface area contributed by atoms with Gasteiger partial charge in [0.2, 0.25) is 0 Å². The summed E-state index contributed by atoms with van der Waals surface area (Å²) in [7, 11) is 1.59. The van der Waals surface area contributed by atoms with E-state index in [0.29, 0.717) is 42.0 Å². The Morgan fingerprint density at radius 1 is 1.14 bits per heavy atom. The van der Waals surface area contributed by atoms with Crippen molar-refractivity contribution in [2.24, 2.45) is 7.05 Å². The fourth-order valence-electron chi connectivity index (χ4n) is 4.96. The second kappa shape index (κ2) is 9.25.